The van der Waals surface area contributed by atoms with Gasteiger partial charge < -0.3 is 9.80 Å². The Morgan fingerprint density at radius 1 is 1.08 bits per heavy atom. The molecule has 24 heavy (non-hydrogen) atoms. The van der Waals surface area contributed by atoms with Gasteiger partial charge in [0, 0.05) is 16.8 Å². The van der Waals surface area contributed by atoms with E-state index < -0.39 is 5.82 Å². The fraction of sp³-hybridized carbons (Fsp3) is 0.316. The van der Waals surface area contributed by atoms with Crippen molar-refractivity contribution in [1.82, 2.24) is 0 Å². The summed E-state index contributed by atoms with van der Waals surface area (Å²) < 4.78 is 27.0. The molecule has 0 spiro atoms. The summed E-state index contributed by atoms with van der Waals surface area (Å²) in [7, 11) is 0. The molecule has 1 heterocycles. The van der Waals surface area contributed by atoms with Crippen LogP contribution in [-0.4, -0.2) is 32.0 Å². The van der Waals surface area contributed by atoms with Crippen LogP contribution in [0.3, 0.4) is 0 Å². The van der Waals surface area contributed by atoms with E-state index in [9.17, 15) is 13.6 Å². The molecule has 3 nitrogen and oxygen atoms in total. The summed E-state index contributed by atoms with van der Waals surface area (Å²) in [5.41, 5.74) is 2.24. The summed E-state index contributed by atoms with van der Waals surface area (Å²) in [4.78, 5) is 14.8. The largest absolute Gasteiger partial charge is 0.360 e. The van der Waals surface area contributed by atoms with Crippen LogP contribution in [-0.2, 0) is 6.54 Å². The van der Waals surface area contributed by atoms with E-state index in [0.29, 0.717) is 17.7 Å². The number of carbonyl (C=O) groups excluding carboxylic acids is 1. The molecular weight excluding hydrogens is 310 g/mol. The van der Waals surface area contributed by atoms with Crippen molar-refractivity contribution in [3.8, 4) is 0 Å². The van der Waals surface area contributed by atoms with Gasteiger partial charge in [0.05, 0.1) is 26.2 Å². The fourth-order valence-electron chi connectivity index (χ4n) is 3.11. The minimum Gasteiger partial charge on any atom is -0.360 e. The summed E-state index contributed by atoms with van der Waals surface area (Å²) in [6, 6.07) is 11.3. The van der Waals surface area contributed by atoms with Gasteiger partial charge in [0.15, 0.2) is 5.78 Å². The average molecular weight is 331 g/mol. The first-order chi connectivity index (χ1) is 11.5. The van der Waals surface area contributed by atoms with Gasteiger partial charge in [-0.2, -0.15) is 0 Å². The Balaban J connectivity index is 1.59. The monoisotopic (exact) mass is 331 g/mol. The highest BCUT2D eigenvalue weighted by Crippen LogP contribution is 2.16. The summed E-state index contributed by atoms with van der Waals surface area (Å²) in [6.45, 7) is 5.50. The van der Waals surface area contributed by atoms with Crippen LogP contribution in [0.5, 0.6) is 0 Å². The molecule has 2 aromatic carbocycles. The number of piperazine rings is 1. The molecule has 1 aliphatic heterocycles. The van der Waals surface area contributed by atoms with Crippen LogP contribution in [0.25, 0.3) is 0 Å². The topological polar surface area (TPSA) is 24.8 Å². The minimum atomic E-state index is -0.394. The molecule has 0 amide bonds. The van der Waals surface area contributed by atoms with E-state index in [0.717, 1.165) is 37.9 Å². The predicted octanol–water partition coefficient (Wildman–Crippen LogP) is 2.07. The molecule has 1 aliphatic rings. The van der Waals surface area contributed by atoms with Crippen LogP contribution in [0, 0.1) is 11.6 Å². The van der Waals surface area contributed by atoms with E-state index in [-0.39, 0.29) is 11.6 Å². The van der Waals surface area contributed by atoms with Gasteiger partial charge in [-0.25, -0.2) is 8.78 Å². The van der Waals surface area contributed by atoms with E-state index in [1.54, 1.807) is 6.92 Å². The highest BCUT2D eigenvalue weighted by Gasteiger charge is 2.21. The molecule has 1 saturated heterocycles. The Labute approximate surface area is 140 Å². The third-order valence-electron chi connectivity index (χ3n) is 4.56. The summed E-state index contributed by atoms with van der Waals surface area (Å²) in [6.07, 6.45) is 0. The zero-order chi connectivity index (χ0) is 17.1. The Morgan fingerprint density at radius 3 is 2.38 bits per heavy atom. The van der Waals surface area contributed by atoms with Crippen molar-refractivity contribution in [3.05, 3.63) is 65.2 Å². The van der Waals surface area contributed by atoms with Crippen molar-refractivity contribution < 1.29 is 18.5 Å². The lowest BCUT2D eigenvalue weighted by atomic mass is 10.1. The molecule has 5 heteroatoms. The number of hydrogen-bond donors (Lipinski definition) is 1. The van der Waals surface area contributed by atoms with Crippen molar-refractivity contribution in [1.29, 1.82) is 0 Å². The lowest BCUT2D eigenvalue weighted by molar-refractivity contribution is -0.914. The number of Topliss-reactive ketones (excluding diaryl/α,β-unsaturated/α-hetero) is 1. The van der Waals surface area contributed by atoms with Crippen molar-refractivity contribution in [2.75, 3.05) is 31.1 Å². The molecule has 126 valence electrons. The highest BCUT2D eigenvalue weighted by molar-refractivity contribution is 5.94. The highest BCUT2D eigenvalue weighted by atomic mass is 19.1. The van der Waals surface area contributed by atoms with Gasteiger partial charge in [0.1, 0.15) is 18.2 Å². The van der Waals surface area contributed by atoms with Crippen LogP contribution in [0.1, 0.15) is 22.8 Å². The molecule has 0 bridgehead atoms. The third-order valence-corrected chi connectivity index (χ3v) is 4.56. The van der Waals surface area contributed by atoms with Crippen molar-refractivity contribution in [2.24, 2.45) is 0 Å². The second kappa shape index (κ2) is 7.09. The van der Waals surface area contributed by atoms with Gasteiger partial charge >= 0.3 is 0 Å². The first-order valence-electron chi connectivity index (χ1n) is 8.16. The molecule has 0 saturated carbocycles. The maximum atomic E-state index is 13.8. The van der Waals surface area contributed by atoms with E-state index in [4.69, 9.17) is 0 Å². The number of quaternary nitrogens is 1. The van der Waals surface area contributed by atoms with Gasteiger partial charge in [0.2, 0.25) is 0 Å². The molecule has 1 fully saturated rings. The zero-order valence-corrected chi connectivity index (χ0v) is 13.7. The SMILES string of the molecule is CC(=O)c1ccc(N2CC[NH+](Cc3cc(F)ccc3F)CC2)cc1. The Hall–Kier alpha value is -2.27. The average Bonchev–Trinajstić information content (AvgIpc) is 2.59. The second-order valence-corrected chi connectivity index (χ2v) is 6.25. The van der Waals surface area contributed by atoms with Crippen LogP contribution in [0.4, 0.5) is 14.5 Å². The number of ketones is 1. The molecule has 2 aromatic rings. The molecule has 0 unspecified atom stereocenters. The second-order valence-electron chi connectivity index (χ2n) is 6.25. The standard InChI is InChI=1S/C19H20F2N2O/c1-14(24)15-2-5-18(6-3-15)23-10-8-22(9-11-23)13-16-12-17(20)4-7-19(16)21/h2-7,12H,8-11,13H2,1H3/p+1. The lowest BCUT2D eigenvalue weighted by Crippen LogP contribution is -3.13. The molecule has 3 rings (SSSR count). The molecule has 0 aliphatic carbocycles. The van der Waals surface area contributed by atoms with Crippen LogP contribution >= 0.6 is 0 Å². The number of carbonyl (C=O) groups is 1. The van der Waals surface area contributed by atoms with Crippen molar-refractivity contribution in [3.63, 3.8) is 0 Å². The normalized spacial score (nSPS) is 15.5. The number of hydrogen-bond acceptors (Lipinski definition) is 2. The van der Waals surface area contributed by atoms with Gasteiger partial charge in [-0.15, -0.1) is 0 Å². The number of nitrogens with zero attached hydrogens (tertiary/aromatic N) is 1. The minimum absolute atomic E-state index is 0.0629. The molecule has 0 atom stereocenters. The van der Waals surface area contributed by atoms with Crippen LogP contribution in [0.15, 0.2) is 42.5 Å². The number of nitrogens with one attached hydrogen (secondary N) is 1. The first kappa shape index (κ1) is 16.6. The van der Waals surface area contributed by atoms with E-state index >= 15 is 0 Å². The van der Waals surface area contributed by atoms with E-state index in [1.807, 2.05) is 24.3 Å². The predicted molar refractivity (Wildman–Crippen MR) is 89.4 cm³/mol. The van der Waals surface area contributed by atoms with Gasteiger partial charge in [-0.1, -0.05) is 0 Å². The van der Waals surface area contributed by atoms with Crippen LogP contribution in [0.2, 0.25) is 0 Å². The summed E-state index contributed by atoms with van der Waals surface area (Å²) >= 11 is 0. The smallest absolute Gasteiger partial charge is 0.159 e. The van der Waals surface area contributed by atoms with Crippen molar-refractivity contribution >= 4 is 11.5 Å². The maximum absolute atomic E-state index is 13.8. The molecule has 0 aromatic heterocycles. The van der Waals surface area contributed by atoms with Crippen molar-refractivity contribution in [2.45, 2.75) is 13.5 Å². The first-order valence-corrected chi connectivity index (χ1v) is 8.16. The van der Waals surface area contributed by atoms with E-state index in [1.165, 1.54) is 17.0 Å². The molecule has 1 N–H and O–H groups in total. The summed E-state index contributed by atoms with van der Waals surface area (Å²) in [5.74, 6) is -0.672. The van der Waals surface area contributed by atoms with E-state index in [2.05, 4.69) is 4.90 Å². The molecule has 0 radical (unpaired) electrons. The Kier molecular flexibility index (Phi) is 4.90. The zero-order valence-electron chi connectivity index (χ0n) is 13.7. The Morgan fingerprint density at radius 2 is 1.75 bits per heavy atom. The van der Waals surface area contributed by atoms with Gasteiger partial charge in [0.25, 0.3) is 0 Å². The maximum Gasteiger partial charge on any atom is 0.159 e. The fourth-order valence-corrected chi connectivity index (χ4v) is 3.11. The summed E-state index contributed by atoms with van der Waals surface area (Å²) in [5, 5.41) is 0. The van der Waals surface area contributed by atoms with Gasteiger partial charge in [-0.3, -0.25) is 4.79 Å². The van der Waals surface area contributed by atoms with Crippen LogP contribution < -0.4 is 9.80 Å². The third kappa shape index (κ3) is 3.79. The van der Waals surface area contributed by atoms with Gasteiger partial charge in [-0.05, 0) is 49.4 Å². The lowest BCUT2D eigenvalue weighted by Gasteiger charge is -2.33. The number of rotatable bonds is 4. The number of halogens is 2. The molecular formula is C19H21F2N2O+. The Bertz CT molecular complexity index is 723. The number of benzene rings is 2. The number of anilines is 1. The quantitative estimate of drug-likeness (QED) is 0.868.